The van der Waals surface area contributed by atoms with Crippen molar-refractivity contribution >= 4 is 33.8 Å². The van der Waals surface area contributed by atoms with E-state index in [9.17, 15) is 0 Å². The van der Waals surface area contributed by atoms with Crippen molar-refractivity contribution in [2.45, 2.75) is 26.2 Å². The summed E-state index contributed by atoms with van der Waals surface area (Å²) in [6, 6.07) is 51.2. The number of hydrogen-bond acceptors (Lipinski definition) is 3. The van der Waals surface area contributed by atoms with Crippen molar-refractivity contribution in [3.63, 3.8) is 0 Å². The van der Waals surface area contributed by atoms with Crippen LogP contribution in [0.25, 0.3) is 27.8 Å². The van der Waals surface area contributed by atoms with Crippen LogP contribution < -0.4 is 19.1 Å². The summed E-state index contributed by atoms with van der Waals surface area (Å²) in [5.74, 6) is 1.56. The zero-order valence-electron chi connectivity index (χ0n) is 27.8. The molecule has 1 aliphatic heterocycles. The van der Waals surface area contributed by atoms with Crippen molar-refractivity contribution in [2.75, 3.05) is 16.5 Å². The number of para-hydroxylation sites is 4. The highest BCUT2D eigenvalue weighted by atomic mass is 16.5. The van der Waals surface area contributed by atoms with Gasteiger partial charge < -0.3 is 23.7 Å². The molecule has 1 aliphatic rings. The molecule has 236 valence electrons. The van der Waals surface area contributed by atoms with Gasteiger partial charge in [0.25, 0.3) is 0 Å². The predicted molar refractivity (Wildman–Crippen MR) is 196 cm³/mol. The Hall–Kier alpha value is -5.81. The molecule has 5 nitrogen and oxygen atoms in total. The van der Waals surface area contributed by atoms with Crippen LogP contribution in [0.4, 0.5) is 22.7 Å². The van der Waals surface area contributed by atoms with Gasteiger partial charge in [-0.05, 0) is 59.0 Å². The number of anilines is 4. The number of aromatic nitrogens is 2. The lowest BCUT2D eigenvalue weighted by atomic mass is 9.85. The number of rotatable bonds is 6. The van der Waals surface area contributed by atoms with Gasteiger partial charge in [-0.2, -0.15) is 0 Å². The Labute approximate surface area is 282 Å². The number of nitrogens with zero attached hydrogens (tertiary/aromatic N) is 4. The van der Waals surface area contributed by atoms with Crippen molar-refractivity contribution < 1.29 is 9.30 Å². The normalized spacial score (nSPS) is 12.8. The first kappa shape index (κ1) is 29.6. The Morgan fingerprint density at radius 1 is 0.604 bits per heavy atom. The zero-order chi connectivity index (χ0) is 32.8. The van der Waals surface area contributed by atoms with Crippen LogP contribution >= 0.6 is 0 Å². The van der Waals surface area contributed by atoms with Crippen molar-refractivity contribution in [3.05, 3.63) is 157 Å². The lowest BCUT2D eigenvalue weighted by Gasteiger charge is -2.27. The molecule has 0 amide bonds. The maximum absolute atomic E-state index is 6.51. The van der Waals surface area contributed by atoms with E-state index in [1.165, 1.54) is 33.8 Å². The average Bonchev–Trinajstić information content (AvgIpc) is 3.66. The molecule has 0 saturated carbocycles. The Morgan fingerprint density at radius 3 is 2.00 bits per heavy atom. The summed E-state index contributed by atoms with van der Waals surface area (Å²) in [4.78, 5) is 4.82. The Morgan fingerprint density at radius 2 is 1.25 bits per heavy atom. The summed E-state index contributed by atoms with van der Waals surface area (Å²) >= 11 is 0. The lowest BCUT2D eigenvalue weighted by molar-refractivity contribution is -0.649. The fourth-order valence-corrected chi connectivity index (χ4v) is 6.65. The first-order valence-corrected chi connectivity index (χ1v) is 16.4. The van der Waals surface area contributed by atoms with Gasteiger partial charge in [-0.1, -0.05) is 118 Å². The number of fused-ring (bicyclic) bond motifs is 2. The third-order valence-electron chi connectivity index (χ3n) is 9.16. The topological polar surface area (TPSA) is 24.5 Å². The van der Waals surface area contributed by atoms with Crippen LogP contribution in [0.5, 0.6) is 11.5 Å². The van der Waals surface area contributed by atoms with E-state index in [1.54, 1.807) is 0 Å². The average molecular weight is 627 g/mol. The molecule has 0 atom stereocenters. The van der Waals surface area contributed by atoms with E-state index >= 15 is 0 Å². The molecule has 0 radical (unpaired) electrons. The minimum absolute atomic E-state index is 0.0238. The monoisotopic (exact) mass is 626 g/mol. The Balaban J connectivity index is 1.14. The number of benzene rings is 6. The van der Waals surface area contributed by atoms with E-state index in [2.05, 4.69) is 169 Å². The van der Waals surface area contributed by atoms with Gasteiger partial charge in [-0.25, -0.2) is 0 Å². The first-order chi connectivity index (χ1) is 23.3. The molecule has 0 aliphatic carbocycles. The Kier molecular flexibility index (Phi) is 7.25. The van der Waals surface area contributed by atoms with E-state index in [4.69, 9.17) is 4.74 Å². The molecule has 5 heteroatoms. The summed E-state index contributed by atoms with van der Waals surface area (Å²) in [6.45, 7) is 7.51. The van der Waals surface area contributed by atoms with Crippen molar-refractivity contribution in [1.82, 2.24) is 4.57 Å². The van der Waals surface area contributed by atoms with Gasteiger partial charge >= 0.3 is 0 Å². The summed E-state index contributed by atoms with van der Waals surface area (Å²) in [7, 11) is 2.02. The smallest absolute Gasteiger partial charge is 0.244 e. The molecule has 48 heavy (non-hydrogen) atoms. The minimum atomic E-state index is 0.0238. The number of ether oxygens (including phenoxy) is 1. The highest BCUT2D eigenvalue weighted by Gasteiger charge is 2.30. The Bertz CT molecular complexity index is 2260. The molecule has 0 bridgehead atoms. The first-order valence-electron chi connectivity index (χ1n) is 16.4. The molecule has 0 saturated heterocycles. The third kappa shape index (κ3) is 5.37. The van der Waals surface area contributed by atoms with Gasteiger partial charge in [0.2, 0.25) is 6.33 Å². The van der Waals surface area contributed by atoms with Gasteiger partial charge in [0.15, 0.2) is 0 Å². The van der Waals surface area contributed by atoms with Crippen molar-refractivity contribution in [2.24, 2.45) is 7.05 Å². The van der Waals surface area contributed by atoms with Crippen LogP contribution in [0.2, 0.25) is 0 Å². The van der Waals surface area contributed by atoms with E-state index in [0.29, 0.717) is 6.67 Å². The van der Waals surface area contributed by atoms with Crippen LogP contribution in [0.15, 0.2) is 146 Å². The van der Waals surface area contributed by atoms with Crippen LogP contribution in [0.1, 0.15) is 26.3 Å². The summed E-state index contributed by atoms with van der Waals surface area (Å²) in [5.41, 5.74) is 11.6. The van der Waals surface area contributed by atoms with Gasteiger partial charge in [-0.15, -0.1) is 0 Å². The molecule has 0 fully saturated rings. The third-order valence-corrected chi connectivity index (χ3v) is 9.16. The van der Waals surface area contributed by atoms with Crippen molar-refractivity contribution in [3.8, 4) is 28.3 Å². The quantitative estimate of drug-likeness (QED) is 0.136. The lowest BCUT2D eigenvalue weighted by Crippen LogP contribution is -2.26. The van der Waals surface area contributed by atoms with Gasteiger partial charge in [0.05, 0.1) is 40.8 Å². The van der Waals surface area contributed by atoms with E-state index in [-0.39, 0.29) is 5.41 Å². The SMILES string of the molecule is C[n+]1[c-]n(-c2cccc(Oc3cccc(N4CN(c5cc(C(C)(C)C)ccc5-c5ccccc5)c5ccccc54)c3)c2)c2ccccc21. The number of hydrogen-bond donors (Lipinski definition) is 0. The fourth-order valence-electron chi connectivity index (χ4n) is 6.65. The van der Waals surface area contributed by atoms with E-state index < -0.39 is 0 Å². The maximum atomic E-state index is 6.51. The summed E-state index contributed by atoms with van der Waals surface area (Å²) < 4.78 is 10.6. The molecule has 0 spiro atoms. The minimum Gasteiger partial charge on any atom is -0.458 e. The van der Waals surface area contributed by atoms with Crippen LogP contribution in [0, 0.1) is 6.33 Å². The molecule has 1 aromatic heterocycles. The molecule has 0 N–H and O–H groups in total. The van der Waals surface area contributed by atoms with Gasteiger partial charge in [0, 0.05) is 17.3 Å². The number of imidazole rings is 1. The largest absolute Gasteiger partial charge is 0.458 e. The van der Waals surface area contributed by atoms with Crippen LogP contribution in [-0.2, 0) is 12.5 Å². The standard InChI is InChI=1S/C43H38N4O/c1-43(2,3)32-24-25-37(31-14-6-5-7-15-31)42(26-32)47-30-46(40-22-10-11-23-41(40)47)34-17-13-19-36(28-34)48-35-18-12-16-33(27-35)45-29-44(4)38-20-8-9-21-39(38)45/h5-28H,30H2,1-4H3. The van der Waals surface area contributed by atoms with Gasteiger partial charge in [0.1, 0.15) is 18.2 Å². The second kappa shape index (κ2) is 11.8. The zero-order valence-corrected chi connectivity index (χ0v) is 27.8. The predicted octanol–water partition coefficient (Wildman–Crippen LogP) is 10.3. The van der Waals surface area contributed by atoms with Crippen LogP contribution in [0.3, 0.4) is 0 Å². The molecule has 2 heterocycles. The molecule has 0 unspecified atom stereocenters. The second-order valence-corrected chi connectivity index (χ2v) is 13.4. The molecule has 6 aromatic carbocycles. The summed E-state index contributed by atoms with van der Waals surface area (Å²) in [6.07, 6.45) is 3.43. The van der Waals surface area contributed by atoms with Crippen LogP contribution in [-0.4, -0.2) is 11.2 Å². The maximum Gasteiger partial charge on any atom is 0.244 e. The number of aryl methyl sites for hydroxylation is 1. The fraction of sp³-hybridized carbons (Fsp3) is 0.140. The second-order valence-electron chi connectivity index (χ2n) is 13.4. The summed E-state index contributed by atoms with van der Waals surface area (Å²) in [5, 5.41) is 0. The molecule has 7 aromatic rings. The van der Waals surface area contributed by atoms with Gasteiger partial charge in [-0.3, -0.25) is 0 Å². The molecular formula is C43H38N4O. The highest BCUT2D eigenvalue weighted by Crippen LogP contribution is 2.48. The van der Waals surface area contributed by atoms with E-state index in [0.717, 1.165) is 33.9 Å². The molecular weight excluding hydrogens is 589 g/mol. The molecule has 8 rings (SSSR count). The van der Waals surface area contributed by atoms with Crippen molar-refractivity contribution in [1.29, 1.82) is 0 Å². The highest BCUT2D eigenvalue weighted by molar-refractivity contribution is 5.92. The van der Waals surface area contributed by atoms with E-state index in [1.807, 2.05) is 29.8 Å².